The minimum Gasteiger partial charge on any atom is -0.472 e. The number of fused-ring (bicyclic) bond motifs is 1. The predicted octanol–water partition coefficient (Wildman–Crippen LogP) is 3.74. The van der Waals surface area contributed by atoms with Gasteiger partial charge in [0.2, 0.25) is 11.8 Å². The average Bonchev–Trinajstić information content (AvgIpc) is 2.85. The fraction of sp³-hybridized carbons (Fsp3) is 0.679. The molecule has 2 heterocycles. The van der Waals surface area contributed by atoms with Crippen LogP contribution < -0.4 is 4.74 Å². The van der Waals surface area contributed by atoms with E-state index in [1.54, 1.807) is 22.1 Å². The lowest BCUT2D eigenvalue weighted by molar-refractivity contribution is -0.136. The summed E-state index contributed by atoms with van der Waals surface area (Å²) in [5, 5.41) is 9.84. The van der Waals surface area contributed by atoms with Crippen LogP contribution >= 0.6 is 0 Å². The lowest BCUT2D eigenvalue weighted by Crippen LogP contribution is -2.51. The smallest absolute Gasteiger partial charge is 0.259 e. The van der Waals surface area contributed by atoms with Gasteiger partial charge in [-0.2, -0.15) is 0 Å². The summed E-state index contributed by atoms with van der Waals surface area (Å²) < 4.78 is 6.32. The summed E-state index contributed by atoms with van der Waals surface area (Å²) in [5.41, 5.74) is 1.01. The molecule has 0 bridgehead atoms. The summed E-state index contributed by atoms with van der Waals surface area (Å²) in [6.45, 7) is 8.76. The number of pyridine rings is 1. The molecule has 2 amide bonds. The molecule has 0 radical (unpaired) electrons. The Morgan fingerprint density at radius 3 is 2.66 bits per heavy atom. The number of ether oxygens (including phenoxy) is 1. The zero-order valence-corrected chi connectivity index (χ0v) is 21.9. The SMILES string of the molecule is CC(C)CC#Cc1cnc2c(c1)C(=O)N([C@H](C)CO)C[C@@H](C)[C@H](CN(C)C(=O)C1CCCCC1)O2. The Morgan fingerprint density at radius 1 is 1.29 bits per heavy atom. The summed E-state index contributed by atoms with van der Waals surface area (Å²) in [4.78, 5) is 34.5. The van der Waals surface area contributed by atoms with Gasteiger partial charge in [0.05, 0.1) is 19.2 Å². The van der Waals surface area contributed by atoms with E-state index in [1.165, 1.54) is 6.42 Å². The second-order valence-corrected chi connectivity index (χ2v) is 10.7. The van der Waals surface area contributed by atoms with Crippen LogP contribution in [0.25, 0.3) is 0 Å². The summed E-state index contributed by atoms with van der Waals surface area (Å²) in [6.07, 6.45) is 7.38. The van der Waals surface area contributed by atoms with Gasteiger partial charge in [-0.05, 0) is 31.7 Å². The lowest BCUT2D eigenvalue weighted by Gasteiger charge is -2.38. The van der Waals surface area contributed by atoms with Crippen molar-refractivity contribution in [2.45, 2.75) is 78.4 Å². The Hall–Kier alpha value is -2.59. The molecule has 1 aromatic heterocycles. The molecule has 1 N–H and O–H groups in total. The van der Waals surface area contributed by atoms with Gasteiger partial charge < -0.3 is 19.6 Å². The number of likely N-dealkylation sites (N-methyl/N-ethyl adjacent to an activating group) is 1. The molecular weight excluding hydrogens is 442 g/mol. The second-order valence-electron chi connectivity index (χ2n) is 10.7. The topological polar surface area (TPSA) is 83.0 Å². The van der Waals surface area contributed by atoms with E-state index in [0.717, 1.165) is 32.1 Å². The molecule has 1 saturated carbocycles. The first-order valence-corrected chi connectivity index (χ1v) is 13.0. The van der Waals surface area contributed by atoms with Crippen LogP contribution in [0.3, 0.4) is 0 Å². The monoisotopic (exact) mass is 483 g/mol. The maximum absolute atomic E-state index is 13.5. The maximum Gasteiger partial charge on any atom is 0.259 e. The number of amides is 2. The van der Waals surface area contributed by atoms with Crippen molar-refractivity contribution in [1.29, 1.82) is 0 Å². The highest BCUT2D eigenvalue weighted by Crippen LogP contribution is 2.29. The Kier molecular flexibility index (Phi) is 9.56. The molecule has 0 saturated heterocycles. The van der Waals surface area contributed by atoms with Crippen molar-refractivity contribution in [1.82, 2.24) is 14.8 Å². The molecule has 3 rings (SSSR count). The molecule has 1 aliphatic carbocycles. The van der Waals surface area contributed by atoms with E-state index in [-0.39, 0.29) is 48.3 Å². The standard InChI is InChI=1S/C28H41N3O4/c1-19(2)10-9-11-22-14-24-26(29-15-22)35-25(20(3)16-31(28(24)34)21(4)18-32)17-30(5)27(33)23-12-7-6-8-13-23/h14-15,19-21,23,25,32H,6-8,10,12-13,16-18H2,1-5H3/t20-,21-,25+/m1/s1. The van der Waals surface area contributed by atoms with E-state index < -0.39 is 0 Å². The van der Waals surface area contributed by atoms with Gasteiger partial charge in [0.25, 0.3) is 5.91 Å². The largest absolute Gasteiger partial charge is 0.472 e. The van der Waals surface area contributed by atoms with E-state index in [1.807, 2.05) is 20.9 Å². The van der Waals surface area contributed by atoms with Crippen molar-refractivity contribution in [2.24, 2.45) is 17.8 Å². The van der Waals surface area contributed by atoms with Crippen molar-refractivity contribution in [3.05, 3.63) is 23.4 Å². The van der Waals surface area contributed by atoms with Gasteiger partial charge >= 0.3 is 0 Å². The third kappa shape index (κ3) is 6.98. The Bertz CT molecular complexity index is 945. The Morgan fingerprint density at radius 2 is 2.00 bits per heavy atom. The zero-order chi connectivity index (χ0) is 25.5. The molecule has 2 aliphatic rings. The first-order chi connectivity index (χ1) is 16.7. The number of nitrogens with zero attached hydrogens (tertiary/aromatic N) is 3. The first kappa shape index (κ1) is 27.0. The van der Waals surface area contributed by atoms with E-state index in [4.69, 9.17) is 4.74 Å². The van der Waals surface area contributed by atoms with Gasteiger partial charge in [-0.1, -0.05) is 51.9 Å². The number of carbonyl (C=O) groups excluding carboxylic acids is 2. The van der Waals surface area contributed by atoms with Crippen molar-refractivity contribution in [3.63, 3.8) is 0 Å². The summed E-state index contributed by atoms with van der Waals surface area (Å²) in [7, 11) is 1.84. The average molecular weight is 484 g/mol. The fourth-order valence-electron chi connectivity index (χ4n) is 4.77. The number of hydrogen-bond donors (Lipinski definition) is 1. The van der Waals surface area contributed by atoms with Crippen LogP contribution in [0.5, 0.6) is 5.88 Å². The molecule has 7 heteroatoms. The van der Waals surface area contributed by atoms with Crippen LogP contribution in [0.15, 0.2) is 12.3 Å². The number of aromatic nitrogens is 1. The van der Waals surface area contributed by atoms with Crippen LogP contribution in [0, 0.1) is 29.6 Å². The van der Waals surface area contributed by atoms with E-state index in [9.17, 15) is 14.7 Å². The predicted molar refractivity (Wildman–Crippen MR) is 136 cm³/mol. The molecule has 35 heavy (non-hydrogen) atoms. The molecular formula is C28H41N3O4. The van der Waals surface area contributed by atoms with Crippen LogP contribution in [0.4, 0.5) is 0 Å². The molecule has 1 aliphatic heterocycles. The molecule has 3 atom stereocenters. The molecule has 192 valence electrons. The number of aliphatic hydroxyl groups excluding tert-OH is 1. The van der Waals surface area contributed by atoms with Gasteiger partial charge in [0.1, 0.15) is 11.7 Å². The summed E-state index contributed by atoms with van der Waals surface area (Å²) in [5.74, 6) is 6.93. The summed E-state index contributed by atoms with van der Waals surface area (Å²) >= 11 is 0. The third-order valence-electron chi connectivity index (χ3n) is 7.05. The lowest BCUT2D eigenvalue weighted by atomic mass is 9.88. The minimum atomic E-state index is -0.353. The number of rotatable bonds is 6. The zero-order valence-electron chi connectivity index (χ0n) is 21.9. The number of carbonyl (C=O) groups is 2. The Balaban J connectivity index is 1.88. The maximum atomic E-state index is 13.5. The highest BCUT2D eigenvalue weighted by atomic mass is 16.5. The van der Waals surface area contributed by atoms with Crippen LogP contribution in [-0.4, -0.2) is 70.6 Å². The van der Waals surface area contributed by atoms with Crippen LogP contribution in [0.2, 0.25) is 0 Å². The second kappa shape index (κ2) is 12.4. The molecule has 7 nitrogen and oxygen atoms in total. The van der Waals surface area contributed by atoms with E-state index in [2.05, 4.69) is 30.7 Å². The van der Waals surface area contributed by atoms with E-state index in [0.29, 0.717) is 30.1 Å². The van der Waals surface area contributed by atoms with Crippen molar-refractivity contribution in [3.8, 4) is 17.7 Å². The van der Waals surface area contributed by atoms with Crippen molar-refractivity contribution in [2.75, 3.05) is 26.7 Å². The first-order valence-electron chi connectivity index (χ1n) is 13.0. The molecule has 0 unspecified atom stereocenters. The molecule has 0 aromatic carbocycles. The van der Waals surface area contributed by atoms with Gasteiger partial charge in [-0.25, -0.2) is 4.98 Å². The molecule has 1 aromatic rings. The number of aliphatic hydroxyl groups is 1. The summed E-state index contributed by atoms with van der Waals surface area (Å²) in [6, 6.07) is 1.38. The molecule has 0 spiro atoms. The van der Waals surface area contributed by atoms with Crippen LogP contribution in [-0.2, 0) is 4.79 Å². The van der Waals surface area contributed by atoms with Gasteiger partial charge in [0.15, 0.2) is 0 Å². The van der Waals surface area contributed by atoms with Crippen molar-refractivity contribution < 1.29 is 19.4 Å². The normalized spacial score (nSPS) is 21.8. The quantitative estimate of drug-likeness (QED) is 0.624. The highest BCUT2D eigenvalue weighted by molar-refractivity contribution is 5.97. The minimum absolute atomic E-state index is 0.0602. The van der Waals surface area contributed by atoms with Crippen molar-refractivity contribution >= 4 is 11.8 Å². The van der Waals surface area contributed by atoms with Gasteiger partial charge in [-0.15, -0.1) is 0 Å². The van der Waals surface area contributed by atoms with Gasteiger partial charge in [-0.3, -0.25) is 9.59 Å². The Labute approximate surface area is 210 Å². The van der Waals surface area contributed by atoms with E-state index >= 15 is 0 Å². The number of hydrogen-bond acceptors (Lipinski definition) is 5. The van der Waals surface area contributed by atoms with Gasteiger partial charge in [0, 0.05) is 43.6 Å². The fourth-order valence-corrected chi connectivity index (χ4v) is 4.77. The van der Waals surface area contributed by atoms with Crippen LogP contribution in [0.1, 0.15) is 82.1 Å². The molecule has 1 fully saturated rings. The highest BCUT2D eigenvalue weighted by Gasteiger charge is 2.35. The third-order valence-corrected chi connectivity index (χ3v) is 7.05.